The van der Waals surface area contributed by atoms with Gasteiger partial charge >= 0.3 is 6.61 Å². The third-order valence-corrected chi connectivity index (χ3v) is 4.06. The Morgan fingerprint density at radius 2 is 2.08 bits per heavy atom. The van der Waals surface area contributed by atoms with E-state index in [0.717, 1.165) is 25.2 Å². The largest absolute Gasteiger partial charge is 0.434 e. The number of hydrogen-bond acceptors (Lipinski definition) is 3. The average molecular weight is 332 g/mol. The number of anilines is 2. The quantitative estimate of drug-likeness (QED) is 0.902. The molecule has 3 rings (SSSR count). The number of para-hydroxylation sites is 1. The third kappa shape index (κ3) is 3.32. The van der Waals surface area contributed by atoms with Gasteiger partial charge in [-0.05, 0) is 43.2 Å². The summed E-state index contributed by atoms with van der Waals surface area (Å²) in [6.07, 6.45) is 0.989. The highest BCUT2D eigenvalue weighted by molar-refractivity contribution is 6.06. The Labute approximate surface area is 139 Å². The van der Waals surface area contributed by atoms with Crippen LogP contribution in [0.1, 0.15) is 22.8 Å². The number of nitrogens with zero attached hydrogens (tertiary/aromatic N) is 1. The van der Waals surface area contributed by atoms with Gasteiger partial charge in [-0.15, -0.1) is 0 Å². The van der Waals surface area contributed by atoms with Crippen LogP contribution in [0.4, 0.5) is 20.2 Å². The van der Waals surface area contributed by atoms with Gasteiger partial charge in [0.05, 0.1) is 5.56 Å². The summed E-state index contributed by atoms with van der Waals surface area (Å²) in [7, 11) is 0. The number of nitrogens with one attached hydrogen (secondary N) is 1. The molecule has 0 unspecified atom stereocenters. The molecule has 2 aromatic carbocycles. The van der Waals surface area contributed by atoms with Gasteiger partial charge in [-0.1, -0.05) is 18.2 Å². The summed E-state index contributed by atoms with van der Waals surface area (Å²) >= 11 is 0. The molecule has 0 fully saturated rings. The Balaban J connectivity index is 1.81. The van der Waals surface area contributed by atoms with Crippen molar-refractivity contribution in [3.05, 3.63) is 53.6 Å². The molecule has 0 spiro atoms. The van der Waals surface area contributed by atoms with Gasteiger partial charge in [-0.25, -0.2) is 0 Å². The average Bonchev–Trinajstić information content (AvgIpc) is 2.97. The molecule has 1 aliphatic rings. The first-order chi connectivity index (χ1) is 11.6. The molecule has 1 heterocycles. The molecule has 2 aromatic rings. The van der Waals surface area contributed by atoms with Crippen LogP contribution in [-0.4, -0.2) is 25.6 Å². The van der Waals surface area contributed by atoms with Crippen LogP contribution in [-0.2, 0) is 6.42 Å². The monoisotopic (exact) mass is 332 g/mol. The summed E-state index contributed by atoms with van der Waals surface area (Å²) < 4.78 is 29.3. The van der Waals surface area contributed by atoms with E-state index >= 15 is 0 Å². The first-order valence-electron chi connectivity index (χ1n) is 7.81. The van der Waals surface area contributed by atoms with E-state index in [-0.39, 0.29) is 11.3 Å². The third-order valence-electron chi connectivity index (χ3n) is 4.06. The van der Waals surface area contributed by atoms with E-state index in [1.54, 1.807) is 12.1 Å². The van der Waals surface area contributed by atoms with Crippen LogP contribution in [0.3, 0.4) is 0 Å². The second kappa shape index (κ2) is 6.86. The Morgan fingerprint density at radius 3 is 2.83 bits per heavy atom. The zero-order chi connectivity index (χ0) is 17.1. The number of rotatable bonds is 5. The summed E-state index contributed by atoms with van der Waals surface area (Å²) in [6, 6.07) is 11.7. The van der Waals surface area contributed by atoms with Gasteiger partial charge < -0.3 is 15.0 Å². The van der Waals surface area contributed by atoms with Crippen LogP contribution in [0, 0.1) is 0 Å². The van der Waals surface area contributed by atoms with Gasteiger partial charge in [0.2, 0.25) is 0 Å². The Hall–Kier alpha value is -2.63. The number of halogens is 2. The number of likely N-dealkylation sites (N-methyl/N-ethyl adjacent to an activating group) is 1. The van der Waals surface area contributed by atoms with Gasteiger partial charge in [-0.3, -0.25) is 4.79 Å². The standard InChI is InChI=1S/C18H18F2N2O2/c1-2-22-10-9-12-7-8-13(11-15(12)22)21-17(23)14-5-3-4-6-16(14)24-18(19)20/h3-8,11,18H,2,9-10H2,1H3,(H,21,23). The maximum Gasteiger partial charge on any atom is 0.387 e. The molecule has 0 saturated carbocycles. The molecule has 0 atom stereocenters. The lowest BCUT2D eigenvalue weighted by molar-refractivity contribution is -0.0501. The van der Waals surface area contributed by atoms with Crippen molar-refractivity contribution in [2.24, 2.45) is 0 Å². The Bertz CT molecular complexity index is 750. The Kier molecular flexibility index (Phi) is 4.64. The molecule has 24 heavy (non-hydrogen) atoms. The van der Waals surface area contributed by atoms with E-state index in [1.165, 1.54) is 17.7 Å². The first kappa shape index (κ1) is 16.2. The lowest BCUT2D eigenvalue weighted by atomic mass is 10.1. The number of carbonyl (C=O) groups excluding carboxylic acids is 1. The summed E-state index contributed by atoms with van der Waals surface area (Å²) in [5.74, 6) is -0.617. The molecule has 1 aliphatic heterocycles. The fourth-order valence-electron chi connectivity index (χ4n) is 2.90. The minimum atomic E-state index is -2.97. The van der Waals surface area contributed by atoms with Gasteiger partial charge in [0.25, 0.3) is 5.91 Å². The molecule has 6 heteroatoms. The topological polar surface area (TPSA) is 41.6 Å². The second-order valence-corrected chi connectivity index (χ2v) is 5.50. The molecule has 0 aromatic heterocycles. The fraction of sp³-hybridized carbons (Fsp3) is 0.278. The van der Waals surface area contributed by atoms with Crippen molar-refractivity contribution in [2.75, 3.05) is 23.3 Å². The minimum Gasteiger partial charge on any atom is -0.434 e. The summed E-state index contributed by atoms with van der Waals surface area (Å²) in [6.45, 7) is 0.972. The molecule has 1 N–H and O–H groups in total. The molecular weight excluding hydrogens is 314 g/mol. The van der Waals surface area contributed by atoms with Crippen molar-refractivity contribution < 1.29 is 18.3 Å². The van der Waals surface area contributed by atoms with E-state index in [2.05, 4.69) is 21.9 Å². The molecule has 0 bridgehead atoms. The SMILES string of the molecule is CCN1CCc2ccc(NC(=O)c3ccccc3OC(F)F)cc21. The van der Waals surface area contributed by atoms with E-state index in [9.17, 15) is 13.6 Å². The highest BCUT2D eigenvalue weighted by Crippen LogP contribution is 2.31. The number of fused-ring (bicyclic) bond motifs is 1. The van der Waals surface area contributed by atoms with E-state index in [4.69, 9.17) is 0 Å². The molecular formula is C18H18F2N2O2. The Morgan fingerprint density at radius 1 is 1.29 bits per heavy atom. The van der Waals surface area contributed by atoms with Crippen LogP contribution >= 0.6 is 0 Å². The van der Waals surface area contributed by atoms with Crippen molar-refractivity contribution in [1.82, 2.24) is 0 Å². The maximum atomic E-state index is 12.5. The first-order valence-corrected chi connectivity index (χ1v) is 7.81. The van der Waals surface area contributed by atoms with Gasteiger partial charge in [0.1, 0.15) is 5.75 Å². The highest BCUT2D eigenvalue weighted by atomic mass is 19.3. The van der Waals surface area contributed by atoms with Crippen LogP contribution in [0.2, 0.25) is 0 Å². The lowest BCUT2D eigenvalue weighted by Crippen LogP contribution is -2.19. The zero-order valence-corrected chi connectivity index (χ0v) is 13.3. The number of benzene rings is 2. The summed E-state index contributed by atoms with van der Waals surface area (Å²) in [5, 5.41) is 2.76. The van der Waals surface area contributed by atoms with Crippen LogP contribution in [0.5, 0.6) is 5.75 Å². The number of ether oxygens (including phenoxy) is 1. The molecule has 1 amide bonds. The van der Waals surface area contributed by atoms with Crippen LogP contribution in [0.15, 0.2) is 42.5 Å². The molecule has 0 saturated heterocycles. The predicted molar refractivity (Wildman–Crippen MR) is 89.1 cm³/mol. The number of hydrogen-bond donors (Lipinski definition) is 1. The van der Waals surface area contributed by atoms with Gasteiger partial charge in [-0.2, -0.15) is 8.78 Å². The summed E-state index contributed by atoms with van der Waals surface area (Å²) in [5.41, 5.74) is 3.06. The maximum absolute atomic E-state index is 12.5. The highest BCUT2D eigenvalue weighted by Gasteiger charge is 2.19. The van der Waals surface area contributed by atoms with Crippen LogP contribution in [0.25, 0.3) is 0 Å². The summed E-state index contributed by atoms with van der Waals surface area (Å²) in [4.78, 5) is 14.7. The molecule has 0 radical (unpaired) electrons. The smallest absolute Gasteiger partial charge is 0.387 e. The molecule has 4 nitrogen and oxygen atoms in total. The fourth-order valence-corrected chi connectivity index (χ4v) is 2.90. The van der Waals surface area contributed by atoms with Gasteiger partial charge in [0, 0.05) is 24.5 Å². The number of amides is 1. The van der Waals surface area contributed by atoms with E-state index in [1.807, 2.05) is 18.2 Å². The van der Waals surface area contributed by atoms with Crippen molar-refractivity contribution in [1.29, 1.82) is 0 Å². The molecule has 126 valence electrons. The minimum absolute atomic E-state index is 0.0747. The van der Waals surface area contributed by atoms with Gasteiger partial charge in [0.15, 0.2) is 0 Å². The number of carbonyl (C=O) groups is 1. The van der Waals surface area contributed by atoms with Crippen molar-refractivity contribution in [3.63, 3.8) is 0 Å². The van der Waals surface area contributed by atoms with E-state index in [0.29, 0.717) is 5.69 Å². The zero-order valence-electron chi connectivity index (χ0n) is 13.3. The lowest BCUT2D eigenvalue weighted by Gasteiger charge is -2.17. The number of alkyl halides is 2. The van der Waals surface area contributed by atoms with E-state index < -0.39 is 12.5 Å². The van der Waals surface area contributed by atoms with Crippen molar-refractivity contribution in [3.8, 4) is 5.75 Å². The van der Waals surface area contributed by atoms with Crippen LogP contribution < -0.4 is 15.0 Å². The predicted octanol–water partition coefficient (Wildman–Crippen LogP) is 3.92. The van der Waals surface area contributed by atoms with Crippen molar-refractivity contribution in [2.45, 2.75) is 20.0 Å². The normalized spacial score (nSPS) is 13.1. The van der Waals surface area contributed by atoms with Crippen molar-refractivity contribution >= 4 is 17.3 Å². The molecule has 0 aliphatic carbocycles. The second-order valence-electron chi connectivity index (χ2n) is 5.50.